The van der Waals surface area contributed by atoms with E-state index in [2.05, 4.69) is 12.2 Å². The Kier molecular flexibility index (Phi) is 7.62. The van der Waals surface area contributed by atoms with E-state index >= 15 is 0 Å². The topological polar surface area (TPSA) is 73.6 Å². The van der Waals surface area contributed by atoms with Gasteiger partial charge in [-0.3, -0.25) is 4.79 Å². The summed E-state index contributed by atoms with van der Waals surface area (Å²) < 4.78 is 24.2. The van der Waals surface area contributed by atoms with Gasteiger partial charge in [-0.2, -0.15) is 0 Å². The number of carbonyl (C=O) groups excluding carboxylic acids is 1. The van der Waals surface area contributed by atoms with Crippen LogP contribution in [-0.4, -0.2) is 19.6 Å². The number of amides is 1. The molecule has 2 aromatic rings. The Morgan fingerprint density at radius 2 is 1.90 bits per heavy atom. The van der Waals surface area contributed by atoms with E-state index in [-0.39, 0.29) is 11.7 Å². The minimum absolute atomic E-state index is 0.219. The number of benzene rings is 2. The lowest BCUT2D eigenvalue weighted by Gasteiger charge is -2.11. The molecular weight excluding hydrogens is 395 g/mol. The number of hydrogen-bond donors (Lipinski definition) is 2. The van der Waals surface area contributed by atoms with E-state index in [1.807, 2.05) is 18.2 Å². The van der Waals surface area contributed by atoms with Crippen molar-refractivity contribution >= 4 is 5.91 Å². The molecule has 0 fully saturated rings. The second-order valence-corrected chi connectivity index (χ2v) is 7.25. The Hall–Kier alpha value is -3.38. The fourth-order valence-corrected chi connectivity index (χ4v) is 3.35. The van der Waals surface area contributed by atoms with Crippen LogP contribution < -0.4 is 15.8 Å². The zero-order chi connectivity index (χ0) is 22.2. The largest absolute Gasteiger partial charge is 0.457 e. The minimum Gasteiger partial charge on any atom is -0.457 e. The van der Waals surface area contributed by atoms with Gasteiger partial charge in [-0.15, -0.1) is 0 Å². The van der Waals surface area contributed by atoms with Gasteiger partial charge in [-0.25, -0.2) is 4.39 Å². The number of nitrogens with two attached hydrogens (primary N) is 1. The van der Waals surface area contributed by atoms with E-state index in [0.717, 1.165) is 17.6 Å². The summed E-state index contributed by atoms with van der Waals surface area (Å²) in [5, 5.41) is 2.91. The van der Waals surface area contributed by atoms with Gasteiger partial charge < -0.3 is 20.5 Å². The molecule has 0 saturated carbocycles. The van der Waals surface area contributed by atoms with Crippen molar-refractivity contribution < 1.29 is 18.7 Å². The molecule has 1 aliphatic carbocycles. The summed E-state index contributed by atoms with van der Waals surface area (Å²) in [4.78, 5) is 12.7. The van der Waals surface area contributed by atoms with Crippen molar-refractivity contribution in [3.63, 3.8) is 0 Å². The molecule has 2 aromatic carbocycles. The van der Waals surface area contributed by atoms with Crippen molar-refractivity contribution in [2.24, 2.45) is 5.73 Å². The second-order valence-electron chi connectivity index (χ2n) is 7.25. The van der Waals surface area contributed by atoms with Gasteiger partial charge in [0.2, 0.25) is 0 Å². The minimum atomic E-state index is -0.353. The first-order valence-electron chi connectivity index (χ1n) is 10.2. The predicted molar refractivity (Wildman–Crippen MR) is 119 cm³/mol. The van der Waals surface area contributed by atoms with Crippen molar-refractivity contribution in [3.8, 4) is 11.5 Å². The quantitative estimate of drug-likeness (QED) is 0.643. The third-order valence-corrected chi connectivity index (χ3v) is 5.03. The van der Waals surface area contributed by atoms with Crippen LogP contribution in [0.5, 0.6) is 11.5 Å². The Morgan fingerprint density at radius 3 is 2.58 bits per heavy atom. The SMILES string of the molecule is CCC1=C(COC)C=CC(C(=O)NCc2ccc(Oc3cccc(F)c3)cc2)=C(N)C1. The molecule has 0 spiro atoms. The predicted octanol–water partition coefficient (Wildman–Crippen LogP) is 4.76. The third kappa shape index (κ3) is 6.06. The van der Waals surface area contributed by atoms with Crippen LogP contribution in [0.15, 0.2) is 83.1 Å². The molecule has 5 nitrogen and oxygen atoms in total. The molecule has 0 bridgehead atoms. The van der Waals surface area contributed by atoms with Crippen molar-refractivity contribution in [3.05, 3.63) is 94.5 Å². The number of allylic oxidation sites excluding steroid dienone is 1. The zero-order valence-corrected chi connectivity index (χ0v) is 17.8. The van der Waals surface area contributed by atoms with E-state index in [0.29, 0.717) is 42.3 Å². The highest BCUT2D eigenvalue weighted by atomic mass is 19.1. The Bertz CT molecular complexity index is 1020. The summed E-state index contributed by atoms with van der Waals surface area (Å²) in [6.07, 6.45) is 5.08. The number of carbonyl (C=O) groups is 1. The summed E-state index contributed by atoms with van der Waals surface area (Å²) in [6, 6.07) is 13.2. The molecule has 0 aromatic heterocycles. The van der Waals surface area contributed by atoms with Crippen molar-refractivity contribution in [1.82, 2.24) is 5.32 Å². The van der Waals surface area contributed by atoms with Gasteiger partial charge in [0.1, 0.15) is 17.3 Å². The van der Waals surface area contributed by atoms with Crippen LogP contribution in [0.1, 0.15) is 25.3 Å². The van der Waals surface area contributed by atoms with E-state index in [1.54, 1.807) is 37.5 Å². The van der Waals surface area contributed by atoms with Crippen LogP contribution in [0.25, 0.3) is 0 Å². The summed E-state index contributed by atoms with van der Waals surface area (Å²) in [6.45, 7) is 2.91. The number of methoxy groups -OCH3 is 1. The van der Waals surface area contributed by atoms with Gasteiger partial charge in [0.25, 0.3) is 5.91 Å². The van der Waals surface area contributed by atoms with Crippen LogP contribution in [0, 0.1) is 5.82 Å². The molecule has 1 aliphatic rings. The van der Waals surface area contributed by atoms with Gasteiger partial charge in [-0.05, 0) is 47.9 Å². The molecule has 1 amide bonds. The van der Waals surface area contributed by atoms with E-state index in [9.17, 15) is 9.18 Å². The van der Waals surface area contributed by atoms with Crippen LogP contribution in [0.3, 0.4) is 0 Å². The first-order valence-corrected chi connectivity index (χ1v) is 10.2. The zero-order valence-electron chi connectivity index (χ0n) is 17.8. The number of nitrogens with one attached hydrogen (secondary N) is 1. The first-order chi connectivity index (χ1) is 15.0. The van der Waals surface area contributed by atoms with E-state index < -0.39 is 0 Å². The summed E-state index contributed by atoms with van der Waals surface area (Å²) in [5.74, 6) is 0.441. The first kappa shape index (κ1) is 22.3. The van der Waals surface area contributed by atoms with Crippen LogP contribution in [0.4, 0.5) is 4.39 Å². The molecule has 31 heavy (non-hydrogen) atoms. The smallest absolute Gasteiger partial charge is 0.253 e. The molecule has 3 N–H and O–H groups in total. The normalized spacial score (nSPS) is 13.9. The molecule has 0 aliphatic heterocycles. The number of ether oxygens (including phenoxy) is 2. The molecule has 0 heterocycles. The molecular formula is C25H27FN2O3. The highest BCUT2D eigenvalue weighted by Gasteiger charge is 2.16. The second kappa shape index (κ2) is 10.6. The fraction of sp³-hybridized carbons (Fsp3) is 0.240. The monoisotopic (exact) mass is 422 g/mol. The number of hydrogen-bond acceptors (Lipinski definition) is 4. The standard InChI is InChI=1S/C25H27FN2O3/c1-3-18-13-24(27)23(12-9-19(18)16-30-2)25(29)28-15-17-7-10-21(11-8-17)31-22-6-4-5-20(26)14-22/h4-12,14H,3,13,15-16,27H2,1-2H3,(H,28,29). The molecule has 3 rings (SSSR count). The van der Waals surface area contributed by atoms with Crippen molar-refractivity contribution in [2.45, 2.75) is 26.3 Å². The average molecular weight is 423 g/mol. The van der Waals surface area contributed by atoms with Gasteiger partial charge in [0.15, 0.2) is 0 Å². The molecule has 0 unspecified atom stereocenters. The maximum atomic E-state index is 13.3. The maximum absolute atomic E-state index is 13.3. The van der Waals surface area contributed by atoms with E-state index in [4.69, 9.17) is 15.2 Å². The molecule has 0 radical (unpaired) electrons. The van der Waals surface area contributed by atoms with Crippen molar-refractivity contribution in [1.29, 1.82) is 0 Å². The number of rotatable bonds is 8. The maximum Gasteiger partial charge on any atom is 0.253 e. The Balaban J connectivity index is 1.61. The molecule has 6 heteroatoms. The van der Waals surface area contributed by atoms with E-state index in [1.165, 1.54) is 17.7 Å². The van der Waals surface area contributed by atoms with Gasteiger partial charge >= 0.3 is 0 Å². The summed E-state index contributed by atoms with van der Waals surface area (Å²) >= 11 is 0. The van der Waals surface area contributed by atoms with Crippen LogP contribution in [0.2, 0.25) is 0 Å². The van der Waals surface area contributed by atoms with Gasteiger partial charge in [0, 0.05) is 31.8 Å². The Labute approximate surface area is 182 Å². The van der Waals surface area contributed by atoms with Crippen molar-refractivity contribution in [2.75, 3.05) is 13.7 Å². The fourth-order valence-electron chi connectivity index (χ4n) is 3.35. The lowest BCUT2D eigenvalue weighted by Crippen LogP contribution is -2.26. The third-order valence-electron chi connectivity index (χ3n) is 5.03. The summed E-state index contributed by atoms with van der Waals surface area (Å²) in [5.41, 5.74) is 10.4. The lowest BCUT2D eigenvalue weighted by atomic mass is 10.0. The van der Waals surface area contributed by atoms with Gasteiger partial charge in [-0.1, -0.05) is 36.8 Å². The average Bonchev–Trinajstić information content (AvgIpc) is 2.92. The highest BCUT2D eigenvalue weighted by molar-refractivity contribution is 5.97. The van der Waals surface area contributed by atoms with Gasteiger partial charge in [0.05, 0.1) is 12.2 Å². The molecule has 162 valence electrons. The Morgan fingerprint density at radius 1 is 1.13 bits per heavy atom. The lowest BCUT2D eigenvalue weighted by molar-refractivity contribution is -0.117. The van der Waals surface area contributed by atoms with Crippen LogP contribution >= 0.6 is 0 Å². The van der Waals surface area contributed by atoms with Crippen LogP contribution in [-0.2, 0) is 16.1 Å². The summed E-state index contributed by atoms with van der Waals surface area (Å²) in [7, 11) is 1.65. The molecule has 0 saturated heterocycles. The molecule has 0 atom stereocenters. The highest BCUT2D eigenvalue weighted by Crippen LogP contribution is 2.25. The number of halogens is 1.